The van der Waals surface area contributed by atoms with Gasteiger partial charge in [0.15, 0.2) is 6.29 Å². The minimum absolute atomic E-state index is 0.0381. The molecule has 0 spiro atoms. The van der Waals surface area contributed by atoms with Crippen molar-refractivity contribution >= 4 is 6.03 Å². The van der Waals surface area contributed by atoms with E-state index in [1.54, 1.807) is 0 Å². The Morgan fingerprint density at radius 2 is 1.57 bits per heavy atom. The van der Waals surface area contributed by atoms with E-state index in [0.29, 0.717) is 5.57 Å². The van der Waals surface area contributed by atoms with Crippen molar-refractivity contribution in [1.29, 1.82) is 0 Å². The molecule has 2 amide bonds. The van der Waals surface area contributed by atoms with Gasteiger partial charge in [0.2, 0.25) is 0 Å². The molecule has 0 fully saturated rings. The summed E-state index contributed by atoms with van der Waals surface area (Å²) >= 11 is 0. The molecule has 0 atom stereocenters. The van der Waals surface area contributed by atoms with Gasteiger partial charge in [-0.05, 0) is 5.57 Å². The average Bonchev–Trinajstić information content (AvgIpc) is 2.04. The lowest BCUT2D eigenvalue weighted by Gasteiger charge is -2.00. The standard InChI is InChI=1S/C6H12O4.CH4N2O/c7-3-5(4-8)1-2-6(9)10;2-1(3)4/h1,6-10H,2-4H2;(H4,2,3,4). The summed E-state index contributed by atoms with van der Waals surface area (Å²) in [5.41, 5.74) is 8.90. The van der Waals surface area contributed by atoms with Crippen LogP contribution in [0, 0.1) is 0 Å². The number of rotatable bonds is 4. The third kappa shape index (κ3) is 17.1. The first-order valence-corrected chi connectivity index (χ1v) is 3.74. The van der Waals surface area contributed by atoms with Crippen LogP contribution in [0.5, 0.6) is 0 Å². The maximum Gasteiger partial charge on any atom is 0.309 e. The van der Waals surface area contributed by atoms with Crippen LogP contribution < -0.4 is 11.5 Å². The highest BCUT2D eigenvalue weighted by molar-refractivity contribution is 5.69. The Morgan fingerprint density at radius 1 is 1.21 bits per heavy atom. The first-order chi connectivity index (χ1) is 6.43. The molecule has 0 aliphatic rings. The fraction of sp³-hybridized carbons (Fsp3) is 0.571. The van der Waals surface area contributed by atoms with Crippen LogP contribution in [-0.2, 0) is 0 Å². The van der Waals surface area contributed by atoms with Crippen molar-refractivity contribution in [3.8, 4) is 0 Å². The predicted molar refractivity (Wildman–Crippen MR) is 48.9 cm³/mol. The van der Waals surface area contributed by atoms with Gasteiger partial charge >= 0.3 is 6.03 Å². The summed E-state index contributed by atoms with van der Waals surface area (Å²) in [6.45, 7) is -0.494. The summed E-state index contributed by atoms with van der Waals surface area (Å²) in [7, 11) is 0. The second-order valence-electron chi connectivity index (χ2n) is 2.30. The molecule has 0 aromatic rings. The lowest BCUT2D eigenvalue weighted by atomic mass is 10.2. The maximum atomic E-state index is 9.00. The smallest absolute Gasteiger partial charge is 0.309 e. The quantitative estimate of drug-likeness (QED) is 0.225. The predicted octanol–water partition coefficient (Wildman–Crippen LogP) is -2.38. The van der Waals surface area contributed by atoms with Gasteiger partial charge in [-0.1, -0.05) is 6.08 Å². The Morgan fingerprint density at radius 3 is 1.79 bits per heavy atom. The number of nitrogens with two attached hydrogens (primary N) is 2. The van der Waals surface area contributed by atoms with E-state index >= 15 is 0 Å². The molecule has 0 rings (SSSR count). The molecule has 0 bridgehead atoms. The Balaban J connectivity index is 0. The Kier molecular flexibility index (Phi) is 10.9. The van der Waals surface area contributed by atoms with Crippen molar-refractivity contribution in [3.05, 3.63) is 11.6 Å². The summed E-state index contributed by atoms with van der Waals surface area (Å²) in [6, 6.07) is -0.833. The number of primary amides is 2. The molecule has 84 valence electrons. The molecule has 0 heterocycles. The minimum Gasteiger partial charge on any atom is -0.392 e. The summed E-state index contributed by atoms with van der Waals surface area (Å²) < 4.78 is 0. The molecule has 0 aromatic carbocycles. The van der Waals surface area contributed by atoms with Crippen LogP contribution in [0.2, 0.25) is 0 Å². The number of aliphatic hydroxyl groups is 4. The topological polar surface area (TPSA) is 150 Å². The molecule has 0 aromatic heterocycles. The van der Waals surface area contributed by atoms with E-state index < -0.39 is 12.3 Å². The molecule has 0 aliphatic heterocycles. The summed E-state index contributed by atoms with van der Waals surface area (Å²) in [4.78, 5) is 9.00. The molecule has 7 heteroatoms. The van der Waals surface area contributed by atoms with Crippen LogP contribution >= 0.6 is 0 Å². The fourth-order valence-electron chi connectivity index (χ4n) is 0.451. The monoisotopic (exact) mass is 208 g/mol. The lowest BCUT2D eigenvalue weighted by Crippen LogP contribution is -2.18. The fourth-order valence-corrected chi connectivity index (χ4v) is 0.451. The zero-order valence-electron chi connectivity index (χ0n) is 7.63. The average molecular weight is 208 g/mol. The van der Waals surface area contributed by atoms with Gasteiger partial charge in [0.05, 0.1) is 13.2 Å². The van der Waals surface area contributed by atoms with E-state index in [1.165, 1.54) is 6.08 Å². The molecule has 0 unspecified atom stereocenters. The van der Waals surface area contributed by atoms with Gasteiger partial charge in [0, 0.05) is 6.42 Å². The van der Waals surface area contributed by atoms with Gasteiger partial charge < -0.3 is 31.9 Å². The Labute approximate surface area is 81.3 Å². The highest BCUT2D eigenvalue weighted by atomic mass is 16.5. The van der Waals surface area contributed by atoms with Crippen molar-refractivity contribution in [2.75, 3.05) is 13.2 Å². The van der Waals surface area contributed by atoms with Crippen LogP contribution in [0.1, 0.15) is 6.42 Å². The van der Waals surface area contributed by atoms with E-state index in [9.17, 15) is 0 Å². The first-order valence-electron chi connectivity index (χ1n) is 3.74. The number of amides is 2. The summed E-state index contributed by atoms with van der Waals surface area (Å²) in [5.74, 6) is 0. The van der Waals surface area contributed by atoms with E-state index in [-0.39, 0.29) is 19.6 Å². The molecule has 7 nitrogen and oxygen atoms in total. The van der Waals surface area contributed by atoms with Crippen LogP contribution in [-0.4, -0.2) is 46.0 Å². The third-order valence-corrected chi connectivity index (χ3v) is 1.02. The normalized spacial score (nSPS) is 8.93. The number of hydrogen-bond donors (Lipinski definition) is 6. The van der Waals surface area contributed by atoms with Crippen molar-refractivity contribution < 1.29 is 25.2 Å². The maximum absolute atomic E-state index is 9.00. The molecule has 0 radical (unpaired) electrons. The lowest BCUT2D eigenvalue weighted by molar-refractivity contribution is -0.0363. The zero-order chi connectivity index (χ0) is 11.6. The number of aliphatic hydroxyl groups excluding tert-OH is 3. The number of hydrogen-bond acceptors (Lipinski definition) is 5. The number of carbonyl (C=O) groups excluding carboxylic acids is 1. The number of carbonyl (C=O) groups is 1. The van der Waals surface area contributed by atoms with Gasteiger partial charge in [0.25, 0.3) is 0 Å². The van der Waals surface area contributed by atoms with E-state index in [4.69, 9.17) is 25.2 Å². The van der Waals surface area contributed by atoms with Crippen molar-refractivity contribution in [2.24, 2.45) is 11.5 Å². The second kappa shape index (κ2) is 9.93. The molecule has 0 saturated carbocycles. The molecule has 8 N–H and O–H groups in total. The van der Waals surface area contributed by atoms with Gasteiger partial charge in [0.1, 0.15) is 0 Å². The highest BCUT2D eigenvalue weighted by Crippen LogP contribution is 1.95. The second-order valence-corrected chi connectivity index (χ2v) is 2.30. The van der Waals surface area contributed by atoms with Crippen LogP contribution in [0.15, 0.2) is 11.6 Å². The van der Waals surface area contributed by atoms with Crippen LogP contribution in [0.25, 0.3) is 0 Å². The van der Waals surface area contributed by atoms with Crippen LogP contribution in [0.3, 0.4) is 0 Å². The summed E-state index contributed by atoms with van der Waals surface area (Å²) in [6.07, 6.45) is 0.0225. The van der Waals surface area contributed by atoms with Gasteiger partial charge in [-0.25, -0.2) is 4.79 Å². The van der Waals surface area contributed by atoms with Crippen molar-refractivity contribution in [2.45, 2.75) is 12.7 Å². The molecular weight excluding hydrogens is 192 g/mol. The van der Waals surface area contributed by atoms with Crippen molar-refractivity contribution in [1.82, 2.24) is 0 Å². The van der Waals surface area contributed by atoms with Crippen molar-refractivity contribution in [3.63, 3.8) is 0 Å². The zero-order valence-corrected chi connectivity index (χ0v) is 7.63. The van der Waals surface area contributed by atoms with E-state index in [0.717, 1.165) is 0 Å². The Hall–Kier alpha value is -1.15. The number of urea groups is 1. The third-order valence-electron chi connectivity index (χ3n) is 1.02. The van der Waals surface area contributed by atoms with Gasteiger partial charge in [-0.2, -0.15) is 0 Å². The Bertz CT molecular complexity index is 171. The molecule has 0 aliphatic carbocycles. The molecular formula is C7H16N2O5. The molecule has 0 saturated heterocycles. The first kappa shape index (κ1) is 15.3. The van der Waals surface area contributed by atoms with E-state index in [2.05, 4.69) is 11.5 Å². The largest absolute Gasteiger partial charge is 0.392 e. The van der Waals surface area contributed by atoms with Gasteiger partial charge in [-0.3, -0.25) is 0 Å². The van der Waals surface area contributed by atoms with Gasteiger partial charge in [-0.15, -0.1) is 0 Å². The minimum atomic E-state index is -1.41. The summed E-state index contributed by atoms with van der Waals surface area (Å²) in [5, 5.41) is 33.6. The van der Waals surface area contributed by atoms with Crippen LogP contribution in [0.4, 0.5) is 4.79 Å². The molecule has 14 heavy (non-hydrogen) atoms. The SMILES string of the molecule is NC(N)=O.OCC(=CCC(O)O)CO. The van der Waals surface area contributed by atoms with E-state index in [1.807, 2.05) is 0 Å². The highest BCUT2D eigenvalue weighted by Gasteiger charge is 1.95.